The highest BCUT2D eigenvalue weighted by molar-refractivity contribution is 4.98. The minimum atomic E-state index is -4.20. The summed E-state index contributed by atoms with van der Waals surface area (Å²) in [6, 6.07) is 0.273. The molecule has 1 unspecified atom stereocenters. The van der Waals surface area contributed by atoms with Gasteiger partial charge < -0.3 is 5.32 Å². The van der Waals surface area contributed by atoms with Crippen molar-refractivity contribution in [2.75, 3.05) is 0 Å². The molecule has 118 valence electrons. The van der Waals surface area contributed by atoms with E-state index in [9.17, 15) is 13.2 Å². The summed E-state index contributed by atoms with van der Waals surface area (Å²) in [6.45, 7) is 2.14. The van der Waals surface area contributed by atoms with Crippen LogP contribution in [0.3, 0.4) is 0 Å². The summed E-state index contributed by atoms with van der Waals surface area (Å²) < 4.78 is 37.0. The van der Waals surface area contributed by atoms with Crippen molar-refractivity contribution in [2.45, 2.75) is 89.4 Å². The minimum Gasteiger partial charge on any atom is -0.308 e. The lowest BCUT2D eigenvalue weighted by Gasteiger charge is -2.27. The smallest absolute Gasteiger partial charge is 0.308 e. The van der Waals surface area contributed by atoms with Crippen LogP contribution in [0.15, 0.2) is 12.2 Å². The number of allylic oxidation sites excluding steroid dienone is 1. The van der Waals surface area contributed by atoms with Crippen molar-refractivity contribution in [1.29, 1.82) is 0 Å². The lowest BCUT2D eigenvalue weighted by molar-refractivity contribution is -0.0801. The topological polar surface area (TPSA) is 12.0 Å². The molecule has 0 saturated heterocycles. The fraction of sp³-hybridized carbons (Fsp3) is 0.875. The van der Waals surface area contributed by atoms with Crippen molar-refractivity contribution in [2.24, 2.45) is 0 Å². The zero-order chi connectivity index (χ0) is 14.8. The van der Waals surface area contributed by atoms with E-state index in [1.165, 1.54) is 31.8 Å². The van der Waals surface area contributed by atoms with E-state index in [0.717, 1.165) is 38.5 Å². The molecule has 1 aliphatic rings. The molecule has 0 amide bonds. The summed E-state index contributed by atoms with van der Waals surface area (Å²) in [6.07, 6.45) is 8.62. The first-order chi connectivity index (χ1) is 9.51. The van der Waals surface area contributed by atoms with Gasteiger partial charge in [-0.15, -0.1) is 0 Å². The first kappa shape index (κ1) is 17.5. The molecule has 1 rings (SSSR count). The van der Waals surface area contributed by atoms with Gasteiger partial charge in [0.05, 0.1) is 0 Å². The highest BCUT2D eigenvalue weighted by Gasteiger charge is 2.23. The third-order valence-electron chi connectivity index (χ3n) is 3.94. The Balaban J connectivity index is 2.42. The van der Waals surface area contributed by atoms with Crippen LogP contribution in [0, 0.1) is 0 Å². The van der Waals surface area contributed by atoms with Crippen LogP contribution in [0.1, 0.15) is 71.1 Å². The molecule has 0 bridgehead atoms. The highest BCUT2D eigenvalue weighted by atomic mass is 19.4. The van der Waals surface area contributed by atoms with Crippen LogP contribution < -0.4 is 5.32 Å². The second-order valence-electron chi connectivity index (χ2n) is 5.86. The van der Waals surface area contributed by atoms with Crippen LogP contribution in [0.25, 0.3) is 0 Å². The molecule has 1 N–H and O–H groups in total. The number of hydrogen-bond acceptors (Lipinski definition) is 1. The summed E-state index contributed by atoms with van der Waals surface area (Å²) in [5.41, 5.74) is 0. The van der Waals surface area contributed by atoms with Gasteiger partial charge in [0, 0.05) is 18.2 Å². The van der Waals surface area contributed by atoms with E-state index in [1.54, 1.807) is 0 Å². The maximum absolute atomic E-state index is 12.3. The Morgan fingerprint density at radius 3 is 2.40 bits per heavy atom. The third-order valence-corrected chi connectivity index (χ3v) is 3.94. The molecule has 0 aromatic rings. The number of unbranched alkanes of at least 4 members (excludes halogenated alkanes) is 3. The van der Waals surface area contributed by atoms with Gasteiger partial charge in [0.25, 0.3) is 0 Å². The molecule has 0 aliphatic heterocycles. The lowest BCUT2D eigenvalue weighted by atomic mass is 9.94. The number of hydrogen-bond donors (Lipinski definition) is 1. The number of halogens is 3. The third kappa shape index (κ3) is 8.62. The number of rotatable bonds is 8. The summed E-state index contributed by atoms with van der Waals surface area (Å²) in [5, 5.41) is 3.42. The van der Waals surface area contributed by atoms with Crippen molar-refractivity contribution >= 4 is 0 Å². The van der Waals surface area contributed by atoms with Crippen LogP contribution >= 0.6 is 0 Å². The predicted octanol–water partition coefficient (Wildman–Crippen LogP) is 5.37. The van der Waals surface area contributed by atoms with Gasteiger partial charge in [-0.25, -0.2) is 0 Å². The van der Waals surface area contributed by atoms with Crippen LogP contribution in [0.5, 0.6) is 0 Å². The first-order valence-corrected chi connectivity index (χ1v) is 8.03. The van der Waals surface area contributed by atoms with Gasteiger partial charge in [0.2, 0.25) is 0 Å². The monoisotopic (exact) mass is 291 g/mol. The molecule has 1 saturated carbocycles. The molecule has 0 heterocycles. The van der Waals surface area contributed by atoms with Gasteiger partial charge in [0.15, 0.2) is 0 Å². The predicted molar refractivity (Wildman–Crippen MR) is 77.8 cm³/mol. The molecule has 4 heteroatoms. The summed E-state index contributed by atoms with van der Waals surface area (Å²) in [7, 11) is 0. The van der Waals surface area contributed by atoms with E-state index in [-0.39, 0.29) is 6.04 Å². The molecule has 1 aliphatic carbocycles. The minimum absolute atomic E-state index is 0.128. The van der Waals surface area contributed by atoms with E-state index in [4.69, 9.17) is 0 Å². The largest absolute Gasteiger partial charge is 0.409 e. The van der Waals surface area contributed by atoms with Gasteiger partial charge in [-0.05, 0) is 19.3 Å². The Hall–Kier alpha value is -0.510. The molecule has 20 heavy (non-hydrogen) atoms. The maximum Gasteiger partial charge on any atom is 0.409 e. The zero-order valence-corrected chi connectivity index (χ0v) is 12.5. The van der Waals surface area contributed by atoms with Crippen molar-refractivity contribution < 1.29 is 13.2 Å². The van der Waals surface area contributed by atoms with Crippen molar-refractivity contribution in [3.63, 3.8) is 0 Å². The van der Waals surface area contributed by atoms with Crippen LogP contribution in [-0.2, 0) is 0 Å². The molecule has 1 fully saturated rings. The van der Waals surface area contributed by atoms with Crippen molar-refractivity contribution in [1.82, 2.24) is 5.32 Å². The lowest BCUT2D eigenvalue weighted by Crippen LogP contribution is -2.38. The summed E-state index contributed by atoms with van der Waals surface area (Å²) >= 11 is 0. The number of nitrogens with one attached hydrogen (secondary N) is 1. The quantitative estimate of drug-likeness (QED) is 0.468. The average Bonchev–Trinajstić information content (AvgIpc) is 2.41. The van der Waals surface area contributed by atoms with Gasteiger partial charge in [-0.1, -0.05) is 57.9 Å². The second kappa shape index (κ2) is 9.43. The van der Waals surface area contributed by atoms with Gasteiger partial charge in [0.1, 0.15) is 0 Å². The Kier molecular flexibility index (Phi) is 8.27. The normalized spacial score (nSPS) is 19.6. The van der Waals surface area contributed by atoms with E-state index >= 15 is 0 Å². The summed E-state index contributed by atoms with van der Waals surface area (Å²) in [5.74, 6) is 0. The van der Waals surface area contributed by atoms with E-state index < -0.39 is 6.18 Å². The molecular formula is C16H28F3N. The first-order valence-electron chi connectivity index (χ1n) is 8.03. The van der Waals surface area contributed by atoms with Crippen molar-refractivity contribution in [3.8, 4) is 0 Å². The Bertz CT molecular complexity index is 267. The molecule has 1 atom stereocenters. The molecule has 0 radical (unpaired) electrons. The van der Waals surface area contributed by atoms with Gasteiger partial charge >= 0.3 is 6.18 Å². The van der Waals surface area contributed by atoms with Crippen LogP contribution in [0.4, 0.5) is 13.2 Å². The molecule has 0 aromatic carbocycles. The highest BCUT2D eigenvalue weighted by Crippen LogP contribution is 2.21. The van der Waals surface area contributed by atoms with Gasteiger partial charge in [-0.3, -0.25) is 0 Å². The SMILES string of the molecule is CCCCCCC(/C=C/C(F)(F)F)NC1CCCCC1. The molecule has 0 aromatic heterocycles. The van der Waals surface area contributed by atoms with Crippen LogP contribution in [-0.4, -0.2) is 18.3 Å². The van der Waals surface area contributed by atoms with Gasteiger partial charge in [-0.2, -0.15) is 13.2 Å². The summed E-state index contributed by atoms with van der Waals surface area (Å²) in [4.78, 5) is 0. The maximum atomic E-state index is 12.3. The molecular weight excluding hydrogens is 263 g/mol. The molecule has 1 nitrogen and oxygen atoms in total. The zero-order valence-electron chi connectivity index (χ0n) is 12.5. The number of alkyl halides is 3. The Morgan fingerprint density at radius 1 is 1.10 bits per heavy atom. The van der Waals surface area contributed by atoms with Crippen molar-refractivity contribution in [3.05, 3.63) is 12.2 Å². The second-order valence-corrected chi connectivity index (χ2v) is 5.86. The Morgan fingerprint density at radius 2 is 1.80 bits per heavy atom. The van der Waals surface area contributed by atoms with E-state index in [1.807, 2.05) is 0 Å². The molecule has 0 spiro atoms. The Labute approximate surface area is 121 Å². The fourth-order valence-corrected chi connectivity index (χ4v) is 2.82. The standard InChI is InChI=1S/C16H28F3N/c1-2-3-4-6-11-15(12-13-16(17,18)19)20-14-9-7-5-8-10-14/h12-15,20H,2-11H2,1H3/b13-12+. The van der Waals surface area contributed by atoms with Crippen LogP contribution in [0.2, 0.25) is 0 Å². The van der Waals surface area contributed by atoms with E-state index in [0.29, 0.717) is 12.1 Å². The van der Waals surface area contributed by atoms with E-state index in [2.05, 4.69) is 12.2 Å². The average molecular weight is 291 g/mol. The fourth-order valence-electron chi connectivity index (χ4n) is 2.82.